The van der Waals surface area contributed by atoms with E-state index in [-0.39, 0.29) is 0 Å². The quantitative estimate of drug-likeness (QED) is 0.558. The van der Waals surface area contributed by atoms with Gasteiger partial charge in [0, 0.05) is 6.61 Å². The Balaban J connectivity index is 2.85. The van der Waals surface area contributed by atoms with E-state index in [0.717, 1.165) is 38.8 Å². The minimum atomic E-state index is -2.33. The molecule has 0 aliphatic heterocycles. The Morgan fingerprint density at radius 2 is 1.86 bits per heavy atom. The zero-order valence-corrected chi connectivity index (χ0v) is 8.90. The first-order valence-corrected chi connectivity index (χ1v) is 5.34. The molecule has 0 radical (unpaired) electrons. The van der Waals surface area contributed by atoms with Crippen molar-refractivity contribution in [2.45, 2.75) is 39.0 Å². The molecule has 1 N–H and O–H groups in total. The number of unbranched alkanes of at least 4 members (excludes halogenated alkanes) is 3. The summed E-state index contributed by atoms with van der Waals surface area (Å²) in [6, 6.07) is 0. The summed E-state index contributed by atoms with van der Waals surface area (Å²) in [4.78, 5) is 0. The fourth-order valence-corrected chi connectivity index (χ4v) is 1.16. The second-order valence-corrected chi connectivity index (χ2v) is 3.23. The fraction of sp³-hybridized carbons (Fsp3) is 1.00. The minimum absolute atomic E-state index is 0.419. The van der Waals surface area contributed by atoms with Crippen molar-refractivity contribution in [3.8, 4) is 0 Å². The summed E-state index contributed by atoms with van der Waals surface area (Å²) < 4.78 is 28.0. The highest BCUT2D eigenvalue weighted by Gasteiger charge is 2.00. The molecule has 0 aromatic carbocycles. The topological polar surface area (TPSA) is 21.3 Å². The number of hydrogen-bond acceptors (Lipinski definition) is 2. The van der Waals surface area contributed by atoms with Gasteiger partial charge < -0.3 is 10.1 Å². The molecule has 0 saturated heterocycles. The van der Waals surface area contributed by atoms with Crippen LogP contribution in [0.1, 0.15) is 32.6 Å². The van der Waals surface area contributed by atoms with E-state index >= 15 is 0 Å². The molecule has 0 aliphatic rings. The fourth-order valence-electron chi connectivity index (χ4n) is 1.16. The maximum Gasteiger partial charge on any atom is 0.261 e. The van der Waals surface area contributed by atoms with E-state index < -0.39 is 13.0 Å². The molecule has 0 aliphatic carbocycles. The molecule has 0 aromatic rings. The first-order valence-electron chi connectivity index (χ1n) is 5.34. The van der Waals surface area contributed by atoms with Gasteiger partial charge in [-0.2, -0.15) is 0 Å². The van der Waals surface area contributed by atoms with Crippen molar-refractivity contribution < 1.29 is 13.5 Å². The average molecular weight is 209 g/mol. The molecule has 0 amide bonds. The van der Waals surface area contributed by atoms with E-state index in [1.165, 1.54) is 0 Å². The molecule has 0 fully saturated rings. The Morgan fingerprint density at radius 1 is 1.14 bits per heavy atom. The Morgan fingerprint density at radius 3 is 2.50 bits per heavy atom. The third-order valence-corrected chi connectivity index (χ3v) is 1.89. The third kappa shape index (κ3) is 11.8. The van der Waals surface area contributed by atoms with Crippen molar-refractivity contribution in [2.75, 3.05) is 26.3 Å². The molecule has 0 unspecified atom stereocenters. The van der Waals surface area contributed by atoms with Crippen molar-refractivity contribution in [3.63, 3.8) is 0 Å². The lowest BCUT2D eigenvalue weighted by molar-refractivity contribution is 0.0162. The Bertz CT molecular complexity index is 112. The molecular weight excluding hydrogens is 188 g/mol. The van der Waals surface area contributed by atoms with Gasteiger partial charge in [0.25, 0.3) is 6.43 Å². The van der Waals surface area contributed by atoms with Crippen molar-refractivity contribution in [2.24, 2.45) is 0 Å². The first kappa shape index (κ1) is 13.8. The van der Waals surface area contributed by atoms with Crippen LogP contribution in [0.15, 0.2) is 0 Å². The maximum atomic E-state index is 11.6. The van der Waals surface area contributed by atoms with E-state index in [4.69, 9.17) is 4.74 Å². The third-order valence-electron chi connectivity index (χ3n) is 1.89. The summed E-state index contributed by atoms with van der Waals surface area (Å²) in [5, 5.41) is 3.23. The van der Waals surface area contributed by atoms with Crippen LogP contribution in [0.5, 0.6) is 0 Å². The van der Waals surface area contributed by atoms with Crippen molar-refractivity contribution >= 4 is 0 Å². The summed E-state index contributed by atoms with van der Waals surface area (Å²) in [7, 11) is 0. The predicted molar refractivity (Wildman–Crippen MR) is 53.8 cm³/mol. The average Bonchev–Trinajstić information content (AvgIpc) is 2.15. The van der Waals surface area contributed by atoms with Crippen LogP contribution in [0.25, 0.3) is 0 Å². The Hall–Kier alpha value is -0.220. The molecule has 0 spiro atoms. The number of alkyl halides is 2. The molecule has 0 saturated carbocycles. The lowest BCUT2D eigenvalue weighted by Gasteiger charge is -2.03. The zero-order chi connectivity index (χ0) is 10.6. The minimum Gasteiger partial charge on any atom is -0.376 e. The SMILES string of the molecule is CCNCCCCCCOCC(F)F. The van der Waals surface area contributed by atoms with E-state index in [1.54, 1.807) is 0 Å². The van der Waals surface area contributed by atoms with Gasteiger partial charge in [-0.05, 0) is 25.9 Å². The van der Waals surface area contributed by atoms with Crippen LogP contribution in [-0.2, 0) is 4.74 Å². The first-order chi connectivity index (χ1) is 6.77. The highest BCUT2D eigenvalue weighted by molar-refractivity contribution is 4.47. The van der Waals surface area contributed by atoms with Crippen LogP contribution < -0.4 is 5.32 Å². The second kappa shape index (κ2) is 10.9. The molecule has 0 heterocycles. The van der Waals surface area contributed by atoms with Gasteiger partial charge in [0.2, 0.25) is 0 Å². The molecule has 0 atom stereocenters. The molecule has 0 bridgehead atoms. The number of hydrogen-bond donors (Lipinski definition) is 1. The Kier molecular flexibility index (Phi) is 10.7. The van der Waals surface area contributed by atoms with Crippen molar-refractivity contribution in [1.29, 1.82) is 0 Å². The summed E-state index contributed by atoms with van der Waals surface area (Å²) in [5.74, 6) is 0. The van der Waals surface area contributed by atoms with Crippen LogP contribution >= 0.6 is 0 Å². The predicted octanol–water partition coefficient (Wildman–Crippen LogP) is 2.44. The van der Waals surface area contributed by atoms with Gasteiger partial charge >= 0.3 is 0 Å². The lowest BCUT2D eigenvalue weighted by atomic mass is 10.2. The largest absolute Gasteiger partial charge is 0.376 e. The second-order valence-electron chi connectivity index (χ2n) is 3.23. The van der Waals surface area contributed by atoms with Gasteiger partial charge in [-0.3, -0.25) is 0 Å². The molecule has 4 heteroatoms. The van der Waals surface area contributed by atoms with Gasteiger partial charge in [-0.1, -0.05) is 19.8 Å². The number of halogens is 2. The molecule has 14 heavy (non-hydrogen) atoms. The smallest absolute Gasteiger partial charge is 0.261 e. The maximum absolute atomic E-state index is 11.6. The normalized spacial score (nSPS) is 11.1. The molecule has 0 rings (SSSR count). The summed E-state index contributed by atoms with van der Waals surface area (Å²) in [5.41, 5.74) is 0. The number of nitrogens with one attached hydrogen (secondary N) is 1. The molecule has 0 aromatic heterocycles. The van der Waals surface area contributed by atoms with Crippen LogP contribution in [0, 0.1) is 0 Å². The van der Waals surface area contributed by atoms with E-state index in [1.807, 2.05) is 0 Å². The van der Waals surface area contributed by atoms with Crippen LogP contribution in [0.3, 0.4) is 0 Å². The summed E-state index contributed by atoms with van der Waals surface area (Å²) in [6.07, 6.45) is 1.92. The summed E-state index contributed by atoms with van der Waals surface area (Å²) in [6.45, 7) is 4.19. The van der Waals surface area contributed by atoms with Gasteiger partial charge in [-0.15, -0.1) is 0 Å². The monoisotopic (exact) mass is 209 g/mol. The van der Waals surface area contributed by atoms with Gasteiger partial charge in [0.05, 0.1) is 0 Å². The van der Waals surface area contributed by atoms with Crippen molar-refractivity contribution in [1.82, 2.24) is 5.32 Å². The highest BCUT2D eigenvalue weighted by Crippen LogP contribution is 2.00. The van der Waals surface area contributed by atoms with Crippen molar-refractivity contribution in [3.05, 3.63) is 0 Å². The van der Waals surface area contributed by atoms with Gasteiger partial charge in [0.15, 0.2) is 0 Å². The zero-order valence-electron chi connectivity index (χ0n) is 8.90. The van der Waals surface area contributed by atoms with Crippen LogP contribution in [-0.4, -0.2) is 32.7 Å². The molecular formula is C10H21F2NO. The summed E-state index contributed by atoms with van der Waals surface area (Å²) >= 11 is 0. The van der Waals surface area contributed by atoms with E-state index in [0.29, 0.717) is 6.61 Å². The molecule has 2 nitrogen and oxygen atoms in total. The number of ether oxygens (including phenoxy) is 1. The van der Waals surface area contributed by atoms with E-state index in [2.05, 4.69) is 12.2 Å². The van der Waals surface area contributed by atoms with Gasteiger partial charge in [-0.25, -0.2) is 8.78 Å². The van der Waals surface area contributed by atoms with E-state index in [9.17, 15) is 8.78 Å². The molecule has 86 valence electrons. The lowest BCUT2D eigenvalue weighted by Crippen LogP contribution is -2.13. The van der Waals surface area contributed by atoms with Crippen LogP contribution in [0.2, 0.25) is 0 Å². The standard InChI is InChI=1S/C10H21F2NO/c1-2-13-7-5-3-4-6-8-14-9-10(11)12/h10,13H,2-9H2,1H3. The number of rotatable bonds is 10. The Labute approximate surface area is 85.0 Å². The highest BCUT2D eigenvalue weighted by atomic mass is 19.3. The van der Waals surface area contributed by atoms with Crippen LogP contribution in [0.4, 0.5) is 8.78 Å². The van der Waals surface area contributed by atoms with Gasteiger partial charge in [0.1, 0.15) is 6.61 Å².